The number of benzene rings is 2. The summed E-state index contributed by atoms with van der Waals surface area (Å²) in [5, 5.41) is 2.82. The summed E-state index contributed by atoms with van der Waals surface area (Å²) in [6.45, 7) is 6.07. The molecule has 178 valence electrons. The van der Waals surface area contributed by atoms with Gasteiger partial charge in [-0.05, 0) is 44.5 Å². The number of nitrogens with zero attached hydrogens (tertiary/aromatic N) is 2. The molecule has 3 heterocycles. The summed E-state index contributed by atoms with van der Waals surface area (Å²) in [4.78, 5) is 44.7. The molecule has 1 atom stereocenters. The predicted molar refractivity (Wildman–Crippen MR) is 132 cm³/mol. The second-order valence-corrected chi connectivity index (χ2v) is 8.98. The number of anilines is 1. The smallest absolute Gasteiger partial charge is 0.338 e. The van der Waals surface area contributed by atoms with E-state index in [-0.39, 0.29) is 28.2 Å². The molecule has 1 unspecified atom stereocenters. The first-order valence-electron chi connectivity index (χ1n) is 11.3. The minimum Gasteiger partial charge on any atom is -0.494 e. The number of ether oxygens (including phenoxy) is 2. The number of aromatic nitrogens is 1. The van der Waals surface area contributed by atoms with Gasteiger partial charge in [0.25, 0.3) is 11.5 Å². The van der Waals surface area contributed by atoms with Crippen LogP contribution < -0.4 is 24.9 Å². The van der Waals surface area contributed by atoms with Crippen molar-refractivity contribution in [1.82, 2.24) is 4.57 Å². The van der Waals surface area contributed by atoms with Gasteiger partial charge >= 0.3 is 5.97 Å². The SMILES string of the molecule is CCOC(=O)C1=C(C)N=c2sc(=C3C(=O)Nc4ccccc43)c(=O)n2C1c1ccc(OCC)cc1. The Morgan fingerprint density at radius 2 is 1.83 bits per heavy atom. The molecular formula is C26H23N3O5S. The zero-order valence-electron chi connectivity index (χ0n) is 19.5. The first-order chi connectivity index (χ1) is 16.9. The summed E-state index contributed by atoms with van der Waals surface area (Å²) < 4.78 is 12.6. The molecule has 2 aliphatic rings. The van der Waals surface area contributed by atoms with E-state index in [2.05, 4.69) is 10.3 Å². The molecule has 35 heavy (non-hydrogen) atoms. The van der Waals surface area contributed by atoms with Gasteiger partial charge in [-0.2, -0.15) is 0 Å². The number of allylic oxidation sites excluding steroid dienone is 1. The third-order valence-corrected chi connectivity index (χ3v) is 6.95. The molecule has 8 nitrogen and oxygen atoms in total. The molecule has 0 bridgehead atoms. The molecule has 0 aliphatic carbocycles. The summed E-state index contributed by atoms with van der Waals surface area (Å²) >= 11 is 1.14. The lowest BCUT2D eigenvalue weighted by molar-refractivity contribution is -0.139. The number of rotatable bonds is 5. The van der Waals surface area contributed by atoms with Crippen LogP contribution in [-0.4, -0.2) is 29.7 Å². The zero-order chi connectivity index (χ0) is 24.7. The summed E-state index contributed by atoms with van der Waals surface area (Å²) in [6, 6.07) is 13.7. The molecule has 0 fully saturated rings. The third kappa shape index (κ3) is 3.77. The Morgan fingerprint density at radius 3 is 2.54 bits per heavy atom. The number of esters is 1. The van der Waals surface area contributed by atoms with E-state index in [4.69, 9.17) is 9.47 Å². The minimum atomic E-state index is -0.755. The number of nitrogens with one attached hydrogen (secondary N) is 1. The van der Waals surface area contributed by atoms with E-state index in [0.29, 0.717) is 45.2 Å². The van der Waals surface area contributed by atoms with E-state index in [0.717, 1.165) is 11.3 Å². The van der Waals surface area contributed by atoms with Gasteiger partial charge in [-0.3, -0.25) is 14.2 Å². The van der Waals surface area contributed by atoms with Crippen molar-refractivity contribution >= 4 is 34.5 Å². The molecule has 0 saturated heterocycles. The maximum Gasteiger partial charge on any atom is 0.338 e. The van der Waals surface area contributed by atoms with Crippen molar-refractivity contribution in [2.24, 2.45) is 4.99 Å². The van der Waals surface area contributed by atoms with Crippen LogP contribution in [0.25, 0.3) is 5.57 Å². The number of carbonyl (C=O) groups excluding carboxylic acids is 2. The van der Waals surface area contributed by atoms with Gasteiger partial charge in [-0.25, -0.2) is 9.79 Å². The molecular weight excluding hydrogens is 466 g/mol. The van der Waals surface area contributed by atoms with E-state index in [1.165, 1.54) is 4.57 Å². The first-order valence-corrected chi connectivity index (χ1v) is 12.1. The van der Waals surface area contributed by atoms with Gasteiger partial charge in [0.1, 0.15) is 10.3 Å². The predicted octanol–water partition coefficient (Wildman–Crippen LogP) is 2.52. The third-order valence-electron chi connectivity index (χ3n) is 5.90. The zero-order valence-corrected chi connectivity index (χ0v) is 20.3. The van der Waals surface area contributed by atoms with Crippen LogP contribution in [0.2, 0.25) is 0 Å². The molecule has 0 radical (unpaired) electrons. The van der Waals surface area contributed by atoms with Crippen LogP contribution >= 0.6 is 11.3 Å². The van der Waals surface area contributed by atoms with Gasteiger partial charge in [0.15, 0.2) is 4.80 Å². The highest BCUT2D eigenvalue weighted by Gasteiger charge is 2.35. The Morgan fingerprint density at radius 1 is 1.09 bits per heavy atom. The molecule has 3 aromatic rings. The second kappa shape index (κ2) is 8.99. The van der Waals surface area contributed by atoms with Crippen molar-refractivity contribution in [1.29, 1.82) is 0 Å². The number of thiazole rings is 1. The Kier molecular flexibility index (Phi) is 5.86. The molecule has 2 aromatic carbocycles. The summed E-state index contributed by atoms with van der Waals surface area (Å²) in [6.07, 6.45) is 0. The number of amides is 1. The van der Waals surface area contributed by atoms with Crippen molar-refractivity contribution in [3.8, 4) is 5.75 Å². The van der Waals surface area contributed by atoms with Gasteiger partial charge < -0.3 is 14.8 Å². The average Bonchev–Trinajstić information content (AvgIpc) is 3.34. The number of carbonyl (C=O) groups is 2. The molecule has 2 aliphatic heterocycles. The van der Waals surface area contributed by atoms with Crippen molar-refractivity contribution < 1.29 is 19.1 Å². The minimum absolute atomic E-state index is 0.192. The molecule has 9 heteroatoms. The highest BCUT2D eigenvalue weighted by Crippen LogP contribution is 2.33. The van der Waals surface area contributed by atoms with Crippen LogP contribution in [0.3, 0.4) is 0 Å². The van der Waals surface area contributed by atoms with Crippen LogP contribution in [0.5, 0.6) is 5.75 Å². The second-order valence-electron chi connectivity index (χ2n) is 8.00. The van der Waals surface area contributed by atoms with E-state index in [1.807, 2.05) is 31.2 Å². The summed E-state index contributed by atoms with van der Waals surface area (Å²) in [5.74, 6) is -0.187. The maximum absolute atomic E-state index is 13.9. The van der Waals surface area contributed by atoms with Crippen molar-refractivity contribution in [2.45, 2.75) is 26.8 Å². The quantitative estimate of drug-likeness (QED) is 0.556. The van der Waals surface area contributed by atoms with E-state index < -0.39 is 12.0 Å². The van der Waals surface area contributed by atoms with Gasteiger partial charge in [0.2, 0.25) is 0 Å². The molecule has 0 saturated carbocycles. The van der Waals surface area contributed by atoms with E-state index >= 15 is 0 Å². The normalized spacial score (nSPS) is 17.9. The van der Waals surface area contributed by atoms with Crippen LogP contribution in [0.1, 0.15) is 37.9 Å². The van der Waals surface area contributed by atoms with Crippen LogP contribution in [-0.2, 0) is 14.3 Å². The largest absolute Gasteiger partial charge is 0.494 e. The van der Waals surface area contributed by atoms with Gasteiger partial charge in [0.05, 0.1) is 36.1 Å². The molecule has 1 aromatic heterocycles. The lowest BCUT2D eigenvalue weighted by Gasteiger charge is -2.24. The Bertz CT molecular complexity index is 1560. The van der Waals surface area contributed by atoms with E-state index in [9.17, 15) is 14.4 Å². The lowest BCUT2D eigenvalue weighted by atomic mass is 9.96. The standard InChI is InChI=1S/C26H23N3O5S/c1-4-33-16-12-10-15(11-13-16)21-19(25(32)34-5-2)14(3)27-26-29(21)24(31)22(35-26)20-17-8-6-7-9-18(17)28-23(20)30/h6-13,21H,4-5H2,1-3H3,(H,28,30). The number of hydrogen-bond donors (Lipinski definition) is 1. The molecule has 0 spiro atoms. The van der Waals surface area contributed by atoms with Gasteiger partial charge in [-0.15, -0.1) is 0 Å². The fraction of sp³-hybridized carbons (Fsp3) is 0.231. The fourth-order valence-electron chi connectivity index (χ4n) is 4.41. The summed E-state index contributed by atoms with van der Waals surface area (Å²) in [5.41, 5.74) is 2.72. The highest BCUT2D eigenvalue weighted by atomic mass is 32.1. The number of fused-ring (bicyclic) bond motifs is 2. The number of hydrogen-bond acceptors (Lipinski definition) is 7. The van der Waals surface area contributed by atoms with Gasteiger partial charge in [-0.1, -0.05) is 41.7 Å². The molecule has 5 rings (SSSR count). The van der Waals surface area contributed by atoms with Crippen molar-refractivity contribution in [2.75, 3.05) is 18.5 Å². The monoisotopic (exact) mass is 489 g/mol. The number of para-hydroxylation sites is 1. The van der Waals surface area contributed by atoms with Crippen LogP contribution in [0.4, 0.5) is 5.69 Å². The Labute approximate surface area is 204 Å². The summed E-state index contributed by atoms with van der Waals surface area (Å²) in [7, 11) is 0. The Balaban J connectivity index is 1.77. The first kappa shape index (κ1) is 22.8. The topological polar surface area (TPSA) is 99.0 Å². The van der Waals surface area contributed by atoms with Crippen LogP contribution in [0.15, 0.2) is 69.6 Å². The Hall–Kier alpha value is -3.98. The lowest BCUT2D eigenvalue weighted by Crippen LogP contribution is -2.40. The molecule has 1 amide bonds. The van der Waals surface area contributed by atoms with Crippen molar-refractivity contribution in [3.05, 3.63) is 90.6 Å². The highest BCUT2D eigenvalue weighted by molar-refractivity contribution is 7.07. The van der Waals surface area contributed by atoms with Gasteiger partial charge in [0, 0.05) is 11.3 Å². The van der Waals surface area contributed by atoms with E-state index in [1.54, 1.807) is 38.1 Å². The fourth-order valence-corrected chi connectivity index (χ4v) is 5.56. The van der Waals surface area contributed by atoms with Crippen molar-refractivity contribution in [3.63, 3.8) is 0 Å². The molecule has 1 N–H and O–H groups in total. The van der Waals surface area contributed by atoms with Crippen LogP contribution in [0, 0.1) is 0 Å². The maximum atomic E-state index is 13.9. The average molecular weight is 490 g/mol.